The molecule has 1 aromatic carbocycles. The lowest BCUT2D eigenvalue weighted by Crippen LogP contribution is -2.22. The molecule has 0 aliphatic carbocycles. The lowest BCUT2D eigenvalue weighted by Gasteiger charge is -2.17. The molecule has 6 nitrogen and oxygen atoms in total. The standard InChI is InChI=1S/C13H17O6P/c1-9-3-2-4-11(7-9)20(18,19)8-10(13(16)17)5-6-12(14)15/h2-4,7,10H,5-6,8H2,1H3,(H,14,15)(H,16,17)(H,18,19). The van der Waals surface area contributed by atoms with Gasteiger partial charge in [-0.3, -0.25) is 14.2 Å². The van der Waals surface area contributed by atoms with E-state index in [0.717, 1.165) is 5.56 Å². The molecule has 0 saturated carbocycles. The molecule has 0 aliphatic rings. The van der Waals surface area contributed by atoms with Crippen molar-refractivity contribution in [3.05, 3.63) is 29.8 Å². The van der Waals surface area contributed by atoms with Crippen LogP contribution in [-0.2, 0) is 14.2 Å². The van der Waals surface area contributed by atoms with Crippen molar-refractivity contribution < 1.29 is 29.3 Å². The first-order chi connectivity index (χ1) is 9.22. The van der Waals surface area contributed by atoms with E-state index in [0.29, 0.717) is 0 Å². The molecule has 2 atom stereocenters. The van der Waals surface area contributed by atoms with Gasteiger partial charge in [0.1, 0.15) is 0 Å². The third-order valence-electron chi connectivity index (χ3n) is 2.93. The fraction of sp³-hybridized carbons (Fsp3) is 0.385. The zero-order valence-corrected chi connectivity index (χ0v) is 11.9. The highest BCUT2D eigenvalue weighted by molar-refractivity contribution is 7.66. The number of benzene rings is 1. The van der Waals surface area contributed by atoms with Crippen molar-refractivity contribution in [2.45, 2.75) is 19.8 Å². The molecule has 20 heavy (non-hydrogen) atoms. The highest BCUT2D eigenvalue weighted by Crippen LogP contribution is 2.42. The van der Waals surface area contributed by atoms with E-state index >= 15 is 0 Å². The van der Waals surface area contributed by atoms with Crippen molar-refractivity contribution in [2.75, 3.05) is 6.16 Å². The van der Waals surface area contributed by atoms with E-state index in [2.05, 4.69) is 0 Å². The second kappa shape index (κ2) is 6.68. The average Bonchev–Trinajstić information content (AvgIpc) is 2.34. The molecule has 0 aliphatic heterocycles. The minimum Gasteiger partial charge on any atom is -0.481 e. The highest BCUT2D eigenvalue weighted by atomic mass is 31.2. The maximum atomic E-state index is 12.3. The summed E-state index contributed by atoms with van der Waals surface area (Å²) in [5, 5.41) is 17.8. The maximum Gasteiger partial charge on any atom is 0.307 e. The van der Waals surface area contributed by atoms with Crippen LogP contribution < -0.4 is 5.30 Å². The molecule has 0 radical (unpaired) electrons. The third kappa shape index (κ3) is 4.79. The Kier molecular flexibility index (Phi) is 5.48. The summed E-state index contributed by atoms with van der Waals surface area (Å²) in [6.07, 6.45) is -0.967. The number of hydrogen-bond acceptors (Lipinski definition) is 3. The number of rotatable bonds is 7. The van der Waals surface area contributed by atoms with Gasteiger partial charge in [0.05, 0.1) is 5.92 Å². The normalized spacial score (nSPS) is 15.3. The van der Waals surface area contributed by atoms with E-state index < -0.39 is 31.4 Å². The van der Waals surface area contributed by atoms with Crippen molar-refractivity contribution in [3.8, 4) is 0 Å². The van der Waals surface area contributed by atoms with Crippen LogP contribution in [0.1, 0.15) is 18.4 Å². The molecule has 7 heteroatoms. The number of aryl methyl sites for hydroxylation is 1. The summed E-state index contributed by atoms with van der Waals surface area (Å²) in [6, 6.07) is 6.41. The van der Waals surface area contributed by atoms with Crippen LogP contribution in [0.2, 0.25) is 0 Å². The first-order valence-corrected chi connectivity index (χ1v) is 7.90. The number of carbonyl (C=O) groups is 2. The average molecular weight is 300 g/mol. The van der Waals surface area contributed by atoms with E-state index in [1.165, 1.54) is 12.1 Å². The summed E-state index contributed by atoms with van der Waals surface area (Å²) in [5.74, 6) is -3.53. The van der Waals surface area contributed by atoms with Gasteiger partial charge in [-0.05, 0) is 25.5 Å². The monoisotopic (exact) mass is 300 g/mol. The molecule has 0 aromatic heterocycles. The lowest BCUT2D eigenvalue weighted by molar-refractivity contribution is -0.142. The Labute approximate surface area is 116 Å². The first kappa shape index (κ1) is 16.4. The summed E-state index contributed by atoms with van der Waals surface area (Å²) < 4.78 is 12.3. The molecule has 1 rings (SSSR count). The SMILES string of the molecule is Cc1cccc(P(=O)(O)CC(CCC(=O)O)C(=O)O)c1. The zero-order valence-electron chi connectivity index (χ0n) is 11.0. The molecule has 1 aromatic rings. The van der Waals surface area contributed by atoms with Gasteiger partial charge in [0, 0.05) is 17.9 Å². The zero-order chi connectivity index (χ0) is 15.3. The largest absolute Gasteiger partial charge is 0.481 e. The molecule has 0 amide bonds. The third-order valence-corrected chi connectivity index (χ3v) is 4.95. The highest BCUT2D eigenvalue weighted by Gasteiger charge is 2.30. The van der Waals surface area contributed by atoms with Crippen LogP contribution in [0.4, 0.5) is 0 Å². The summed E-state index contributed by atoms with van der Waals surface area (Å²) >= 11 is 0. The van der Waals surface area contributed by atoms with Gasteiger partial charge in [-0.1, -0.05) is 17.7 Å². The molecule has 0 heterocycles. The summed E-state index contributed by atoms with van der Waals surface area (Å²) in [5.41, 5.74) is 0.800. The predicted octanol–water partition coefficient (Wildman–Crippen LogP) is 1.46. The fourth-order valence-electron chi connectivity index (χ4n) is 1.84. The first-order valence-electron chi connectivity index (χ1n) is 6.06. The van der Waals surface area contributed by atoms with E-state index in [1.807, 2.05) is 0 Å². The van der Waals surface area contributed by atoms with Crippen molar-refractivity contribution in [1.82, 2.24) is 0 Å². The second-order valence-electron chi connectivity index (χ2n) is 4.69. The summed E-state index contributed by atoms with van der Waals surface area (Å²) in [4.78, 5) is 31.6. The van der Waals surface area contributed by atoms with Crippen LogP contribution in [0.15, 0.2) is 24.3 Å². The van der Waals surface area contributed by atoms with Crippen LogP contribution in [-0.4, -0.2) is 33.2 Å². The number of carboxylic acid groups (broad SMARTS) is 2. The van der Waals surface area contributed by atoms with Gasteiger partial charge in [0.15, 0.2) is 0 Å². The van der Waals surface area contributed by atoms with Gasteiger partial charge >= 0.3 is 11.9 Å². The Morgan fingerprint density at radius 3 is 2.45 bits per heavy atom. The van der Waals surface area contributed by atoms with Crippen LogP contribution in [0, 0.1) is 12.8 Å². The van der Waals surface area contributed by atoms with Crippen LogP contribution >= 0.6 is 7.37 Å². The molecule has 0 saturated heterocycles. The number of aliphatic carboxylic acids is 2. The second-order valence-corrected chi connectivity index (χ2v) is 6.98. The van der Waals surface area contributed by atoms with Gasteiger partial charge in [-0.25, -0.2) is 0 Å². The molecule has 0 bridgehead atoms. The Morgan fingerprint density at radius 1 is 1.30 bits per heavy atom. The van der Waals surface area contributed by atoms with Gasteiger partial charge in [-0.15, -0.1) is 0 Å². The van der Waals surface area contributed by atoms with Gasteiger partial charge in [-0.2, -0.15) is 0 Å². The quantitative estimate of drug-likeness (QED) is 0.657. The molecule has 110 valence electrons. The predicted molar refractivity (Wildman–Crippen MR) is 73.5 cm³/mol. The fourth-order valence-corrected chi connectivity index (χ4v) is 3.71. The van der Waals surface area contributed by atoms with Gasteiger partial charge in [0.25, 0.3) is 0 Å². The molecule has 2 unspecified atom stereocenters. The van der Waals surface area contributed by atoms with Crippen LogP contribution in [0.5, 0.6) is 0 Å². The topological polar surface area (TPSA) is 112 Å². The van der Waals surface area contributed by atoms with Crippen molar-refractivity contribution >= 4 is 24.6 Å². The Hall–Kier alpha value is -1.65. The molecule has 0 spiro atoms. The molecule has 3 N–H and O–H groups in total. The summed E-state index contributed by atoms with van der Waals surface area (Å²) in [7, 11) is -3.82. The Bertz CT molecular complexity index is 554. The van der Waals surface area contributed by atoms with E-state index in [1.54, 1.807) is 19.1 Å². The van der Waals surface area contributed by atoms with Crippen molar-refractivity contribution in [2.24, 2.45) is 5.92 Å². The Balaban J connectivity index is 2.88. The number of hydrogen-bond donors (Lipinski definition) is 3. The number of carboxylic acids is 2. The van der Waals surface area contributed by atoms with Gasteiger partial charge in [0.2, 0.25) is 7.37 Å². The van der Waals surface area contributed by atoms with Crippen molar-refractivity contribution in [1.29, 1.82) is 0 Å². The van der Waals surface area contributed by atoms with E-state index in [4.69, 9.17) is 10.2 Å². The van der Waals surface area contributed by atoms with Crippen molar-refractivity contribution in [3.63, 3.8) is 0 Å². The molecular formula is C13H17O6P. The Morgan fingerprint density at radius 2 is 1.95 bits per heavy atom. The van der Waals surface area contributed by atoms with Crippen LogP contribution in [0.3, 0.4) is 0 Å². The van der Waals surface area contributed by atoms with Crippen LogP contribution in [0.25, 0.3) is 0 Å². The lowest BCUT2D eigenvalue weighted by atomic mass is 10.1. The van der Waals surface area contributed by atoms with E-state index in [9.17, 15) is 19.0 Å². The minimum atomic E-state index is -3.82. The smallest absolute Gasteiger partial charge is 0.307 e. The molecule has 0 fully saturated rings. The molecular weight excluding hydrogens is 283 g/mol. The summed E-state index contributed by atoms with van der Waals surface area (Å²) in [6.45, 7) is 1.77. The maximum absolute atomic E-state index is 12.3. The van der Waals surface area contributed by atoms with Gasteiger partial charge < -0.3 is 15.1 Å². The minimum absolute atomic E-state index is 0.166. The van der Waals surface area contributed by atoms with E-state index in [-0.39, 0.29) is 18.1 Å².